The number of thiazole rings is 1. The molecule has 1 amide bonds. The molecule has 0 aliphatic carbocycles. The highest BCUT2D eigenvalue weighted by Crippen LogP contribution is 2.34. The molecule has 3 aromatic rings. The zero-order valence-corrected chi connectivity index (χ0v) is 16.4. The molecule has 1 saturated heterocycles. The minimum Gasteiger partial charge on any atom is -0.437 e. The maximum absolute atomic E-state index is 13.1. The zero-order chi connectivity index (χ0) is 19.7. The van der Waals surface area contributed by atoms with Crippen molar-refractivity contribution in [1.82, 2.24) is 19.9 Å². The number of carbonyl (C=O) groups excluding carboxylic acids is 1. The molecule has 4 rings (SSSR count). The van der Waals surface area contributed by atoms with E-state index in [0.717, 1.165) is 23.5 Å². The van der Waals surface area contributed by atoms with Crippen LogP contribution in [-0.2, 0) is 0 Å². The normalized spacial score (nSPS) is 16.4. The molecule has 3 heterocycles. The van der Waals surface area contributed by atoms with Crippen molar-refractivity contribution in [3.05, 3.63) is 63.7 Å². The van der Waals surface area contributed by atoms with E-state index in [4.69, 9.17) is 4.74 Å². The van der Waals surface area contributed by atoms with E-state index in [2.05, 4.69) is 15.0 Å². The minimum absolute atomic E-state index is 0.0164. The Bertz CT molecular complexity index is 1010. The molecule has 8 heteroatoms. The average Bonchev–Trinajstić information content (AvgIpc) is 3.30. The molecule has 144 valence electrons. The van der Waals surface area contributed by atoms with Gasteiger partial charge in [0.05, 0.1) is 34.8 Å². The molecule has 1 aromatic carbocycles. The molecule has 1 aliphatic rings. The highest BCUT2D eigenvalue weighted by Gasteiger charge is 2.33. The van der Waals surface area contributed by atoms with Gasteiger partial charge in [-0.2, -0.15) is 0 Å². The number of nitrogens with zero attached hydrogens (tertiary/aromatic N) is 4. The Balaban J connectivity index is 1.56. The molecule has 6 nitrogen and oxygen atoms in total. The van der Waals surface area contributed by atoms with Gasteiger partial charge < -0.3 is 9.64 Å². The van der Waals surface area contributed by atoms with Crippen molar-refractivity contribution in [2.24, 2.45) is 0 Å². The van der Waals surface area contributed by atoms with Gasteiger partial charge in [-0.25, -0.2) is 14.4 Å². The maximum atomic E-state index is 13.1. The molecule has 0 bridgehead atoms. The predicted octanol–water partition coefficient (Wildman–Crippen LogP) is 4.46. The lowest BCUT2D eigenvalue weighted by molar-refractivity contribution is 0.0736. The summed E-state index contributed by atoms with van der Waals surface area (Å²) in [6, 6.07) is 5.55. The van der Waals surface area contributed by atoms with E-state index < -0.39 is 0 Å². The smallest absolute Gasteiger partial charge is 0.266 e. The molecule has 1 atom stereocenters. The van der Waals surface area contributed by atoms with Gasteiger partial charge in [0.15, 0.2) is 0 Å². The lowest BCUT2D eigenvalue weighted by Gasteiger charge is -2.24. The van der Waals surface area contributed by atoms with Crippen LogP contribution in [0.2, 0.25) is 0 Å². The Morgan fingerprint density at radius 2 is 2.00 bits per heavy atom. The summed E-state index contributed by atoms with van der Waals surface area (Å²) in [5.41, 5.74) is 1.45. The fourth-order valence-electron chi connectivity index (χ4n) is 3.37. The SMILES string of the molecule is Cc1nc(C)c(C(=O)N2CCCC2c2cncc(Oc3ccc(F)cc3)n2)s1. The van der Waals surface area contributed by atoms with Crippen LogP contribution in [-0.4, -0.2) is 32.3 Å². The third kappa shape index (κ3) is 3.73. The van der Waals surface area contributed by atoms with Crippen LogP contribution in [0.5, 0.6) is 11.6 Å². The van der Waals surface area contributed by atoms with Gasteiger partial charge in [-0.15, -0.1) is 11.3 Å². The molecule has 2 aromatic heterocycles. The molecule has 0 spiro atoms. The Morgan fingerprint density at radius 3 is 2.71 bits per heavy atom. The first-order valence-electron chi connectivity index (χ1n) is 9.01. The lowest BCUT2D eigenvalue weighted by atomic mass is 10.1. The topological polar surface area (TPSA) is 68.2 Å². The van der Waals surface area contributed by atoms with Crippen LogP contribution in [0.15, 0.2) is 36.7 Å². The fraction of sp³-hybridized carbons (Fsp3) is 0.300. The fourth-order valence-corrected chi connectivity index (χ4v) is 4.25. The van der Waals surface area contributed by atoms with E-state index >= 15 is 0 Å². The van der Waals surface area contributed by atoms with Crippen molar-refractivity contribution in [2.75, 3.05) is 6.54 Å². The molecule has 0 radical (unpaired) electrons. The number of ether oxygens (including phenoxy) is 1. The number of hydrogen-bond donors (Lipinski definition) is 0. The van der Waals surface area contributed by atoms with Crippen LogP contribution in [0.3, 0.4) is 0 Å². The van der Waals surface area contributed by atoms with Gasteiger partial charge in [-0.1, -0.05) is 0 Å². The molecule has 1 fully saturated rings. The van der Waals surface area contributed by atoms with Crippen LogP contribution in [0.4, 0.5) is 4.39 Å². The first kappa shape index (κ1) is 18.5. The number of likely N-dealkylation sites (tertiary alicyclic amines) is 1. The van der Waals surface area contributed by atoms with Crippen LogP contribution in [0, 0.1) is 19.7 Å². The largest absolute Gasteiger partial charge is 0.437 e. The van der Waals surface area contributed by atoms with Crippen LogP contribution in [0.1, 0.15) is 45.0 Å². The van der Waals surface area contributed by atoms with Crippen molar-refractivity contribution in [1.29, 1.82) is 0 Å². The second-order valence-electron chi connectivity index (χ2n) is 6.64. The summed E-state index contributed by atoms with van der Waals surface area (Å²) in [5.74, 6) is 0.439. The first-order valence-corrected chi connectivity index (χ1v) is 9.83. The molecular formula is C20H19FN4O2S. The Kier molecular flexibility index (Phi) is 5.04. The van der Waals surface area contributed by atoms with E-state index in [9.17, 15) is 9.18 Å². The number of benzene rings is 1. The number of aromatic nitrogens is 3. The van der Waals surface area contributed by atoms with Crippen LogP contribution >= 0.6 is 11.3 Å². The van der Waals surface area contributed by atoms with E-state index in [-0.39, 0.29) is 17.8 Å². The summed E-state index contributed by atoms with van der Waals surface area (Å²) in [5, 5.41) is 0.881. The van der Waals surface area contributed by atoms with Gasteiger partial charge >= 0.3 is 0 Å². The van der Waals surface area contributed by atoms with Crippen LogP contribution < -0.4 is 4.74 Å². The van der Waals surface area contributed by atoms with Crippen molar-refractivity contribution in [3.63, 3.8) is 0 Å². The quantitative estimate of drug-likeness (QED) is 0.649. The summed E-state index contributed by atoms with van der Waals surface area (Å²) in [6.45, 7) is 4.43. The minimum atomic E-state index is -0.333. The Hall–Kier alpha value is -2.87. The molecule has 0 saturated carbocycles. The number of rotatable bonds is 4. The van der Waals surface area contributed by atoms with Gasteiger partial charge in [-0.05, 0) is 51.0 Å². The average molecular weight is 398 g/mol. The Morgan fingerprint density at radius 1 is 1.21 bits per heavy atom. The standard InChI is InChI=1S/C20H19FN4O2S/c1-12-19(28-13(2)23-12)20(26)25-9-3-4-17(25)16-10-22-11-18(24-16)27-15-7-5-14(21)6-8-15/h5-8,10-11,17H,3-4,9H2,1-2H3. The molecule has 0 N–H and O–H groups in total. The van der Waals surface area contributed by atoms with E-state index in [1.807, 2.05) is 18.7 Å². The number of aryl methyl sites for hydroxylation is 2. The van der Waals surface area contributed by atoms with Gasteiger partial charge in [-0.3, -0.25) is 9.78 Å². The summed E-state index contributed by atoms with van der Waals surface area (Å²) in [6.07, 6.45) is 4.89. The summed E-state index contributed by atoms with van der Waals surface area (Å²) in [4.78, 5) is 28.7. The third-order valence-electron chi connectivity index (χ3n) is 4.62. The number of halogens is 1. The van der Waals surface area contributed by atoms with Crippen molar-refractivity contribution >= 4 is 17.2 Å². The monoisotopic (exact) mass is 398 g/mol. The van der Waals surface area contributed by atoms with Crippen molar-refractivity contribution in [2.45, 2.75) is 32.7 Å². The Labute approximate surface area is 166 Å². The molecule has 28 heavy (non-hydrogen) atoms. The lowest BCUT2D eigenvalue weighted by Crippen LogP contribution is -2.31. The maximum Gasteiger partial charge on any atom is 0.266 e. The molecular weight excluding hydrogens is 379 g/mol. The van der Waals surface area contributed by atoms with E-state index in [1.54, 1.807) is 6.20 Å². The van der Waals surface area contributed by atoms with E-state index in [0.29, 0.717) is 28.7 Å². The predicted molar refractivity (Wildman–Crippen MR) is 103 cm³/mol. The summed E-state index contributed by atoms with van der Waals surface area (Å²) < 4.78 is 18.7. The molecule has 1 aliphatic heterocycles. The zero-order valence-electron chi connectivity index (χ0n) is 15.6. The van der Waals surface area contributed by atoms with Crippen molar-refractivity contribution in [3.8, 4) is 11.6 Å². The number of amides is 1. The van der Waals surface area contributed by atoms with E-state index in [1.165, 1.54) is 41.8 Å². The van der Waals surface area contributed by atoms with Gasteiger partial charge in [0.25, 0.3) is 5.91 Å². The number of carbonyl (C=O) groups is 1. The second-order valence-corrected chi connectivity index (χ2v) is 7.85. The van der Waals surface area contributed by atoms with Crippen LogP contribution in [0.25, 0.3) is 0 Å². The first-order chi connectivity index (χ1) is 13.5. The second kappa shape index (κ2) is 7.63. The van der Waals surface area contributed by atoms with Crippen molar-refractivity contribution < 1.29 is 13.9 Å². The van der Waals surface area contributed by atoms with Gasteiger partial charge in [0.2, 0.25) is 5.88 Å². The highest BCUT2D eigenvalue weighted by molar-refractivity contribution is 7.13. The highest BCUT2D eigenvalue weighted by atomic mass is 32.1. The molecule has 1 unspecified atom stereocenters. The number of hydrogen-bond acceptors (Lipinski definition) is 6. The summed E-state index contributed by atoms with van der Waals surface area (Å²) >= 11 is 1.42. The van der Waals surface area contributed by atoms with Gasteiger partial charge in [0, 0.05) is 6.54 Å². The third-order valence-corrected chi connectivity index (χ3v) is 5.68. The van der Waals surface area contributed by atoms with Gasteiger partial charge in [0.1, 0.15) is 16.4 Å². The summed E-state index contributed by atoms with van der Waals surface area (Å²) in [7, 11) is 0.